The van der Waals surface area contributed by atoms with Gasteiger partial charge in [0.05, 0.1) is 18.5 Å². The summed E-state index contributed by atoms with van der Waals surface area (Å²) in [6, 6.07) is 0.678. The Hall–Kier alpha value is 0.270. The van der Waals surface area contributed by atoms with Crippen LogP contribution >= 0.6 is 11.8 Å². The molecule has 13 heavy (non-hydrogen) atoms. The number of nitrogens with one attached hydrogen (secondary N) is 1. The van der Waals surface area contributed by atoms with Crippen molar-refractivity contribution >= 4 is 11.8 Å². The van der Waals surface area contributed by atoms with E-state index in [4.69, 9.17) is 4.74 Å². The van der Waals surface area contributed by atoms with Gasteiger partial charge >= 0.3 is 0 Å². The first-order valence-electron chi connectivity index (χ1n) is 5.19. The fourth-order valence-electron chi connectivity index (χ4n) is 1.26. The molecule has 1 atom stereocenters. The van der Waals surface area contributed by atoms with Gasteiger partial charge in [0.1, 0.15) is 0 Å². The van der Waals surface area contributed by atoms with Crippen LogP contribution in [0.1, 0.15) is 26.2 Å². The Labute approximate surface area is 85.8 Å². The van der Waals surface area contributed by atoms with E-state index in [0.29, 0.717) is 6.04 Å². The Balaban J connectivity index is 1.78. The molecule has 1 aliphatic heterocycles. The molecule has 1 N–H and O–H groups in total. The summed E-state index contributed by atoms with van der Waals surface area (Å²) in [5.41, 5.74) is 0. The van der Waals surface area contributed by atoms with Gasteiger partial charge in [0, 0.05) is 6.04 Å². The number of thioether (sulfide) groups is 1. The van der Waals surface area contributed by atoms with E-state index in [2.05, 4.69) is 24.0 Å². The molecule has 0 aromatic heterocycles. The Morgan fingerprint density at radius 3 is 2.77 bits per heavy atom. The molecule has 0 spiro atoms. The highest BCUT2D eigenvalue weighted by Crippen LogP contribution is 2.20. The highest BCUT2D eigenvalue weighted by Gasteiger charge is 2.17. The lowest BCUT2D eigenvalue weighted by atomic mass is 10.1. The number of rotatable bonds is 7. The molecule has 0 aliphatic carbocycles. The maximum absolute atomic E-state index is 5.12. The van der Waals surface area contributed by atoms with Crippen LogP contribution in [0.15, 0.2) is 0 Å². The van der Waals surface area contributed by atoms with E-state index in [1.165, 1.54) is 25.0 Å². The first-order chi connectivity index (χ1) is 6.33. The van der Waals surface area contributed by atoms with Crippen molar-refractivity contribution in [1.29, 1.82) is 0 Å². The number of ether oxygens (including phenoxy) is 1. The predicted octanol–water partition coefficient (Wildman–Crippen LogP) is 1.90. The number of unbranched alkanes of at least 4 members (excludes halogenated alkanes) is 1. The summed E-state index contributed by atoms with van der Waals surface area (Å²) < 4.78 is 5.12. The molecule has 0 radical (unpaired) electrons. The van der Waals surface area contributed by atoms with E-state index >= 15 is 0 Å². The second-order valence-corrected chi connectivity index (χ2v) is 5.12. The molecular formula is C10H21NOS. The Morgan fingerprint density at radius 1 is 1.46 bits per heavy atom. The molecule has 1 fully saturated rings. The van der Waals surface area contributed by atoms with Crippen LogP contribution in [0.4, 0.5) is 0 Å². The third-order valence-corrected chi connectivity index (χ3v) is 3.75. The fraction of sp³-hybridized carbons (Fsp3) is 1.00. The summed E-state index contributed by atoms with van der Waals surface area (Å²) >= 11 is 2.08. The Morgan fingerprint density at radius 2 is 2.23 bits per heavy atom. The molecule has 2 nitrogen and oxygen atoms in total. The lowest BCUT2D eigenvalue weighted by Gasteiger charge is -2.25. The van der Waals surface area contributed by atoms with Crippen LogP contribution in [0, 0.1) is 0 Å². The van der Waals surface area contributed by atoms with Crippen molar-refractivity contribution in [3.05, 3.63) is 0 Å². The van der Waals surface area contributed by atoms with Gasteiger partial charge in [0.2, 0.25) is 0 Å². The van der Waals surface area contributed by atoms with Crippen LogP contribution in [0.5, 0.6) is 0 Å². The molecule has 1 heterocycles. The van der Waals surface area contributed by atoms with Crippen molar-refractivity contribution in [1.82, 2.24) is 5.32 Å². The van der Waals surface area contributed by atoms with Gasteiger partial charge in [-0.15, -0.1) is 0 Å². The molecule has 1 saturated heterocycles. The maximum Gasteiger partial charge on any atom is 0.0607 e. The zero-order valence-corrected chi connectivity index (χ0v) is 9.53. The lowest BCUT2D eigenvalue weighted by Crippen LogP contribution is -2.30. The van der Waals surface area contributed by atoms with Crippen LogP contribution in [0.2, 0.25) is 0 Å². The lowest BCUT2D eigenvalue weighted by molar-refractivity contribution is 0.0455. The molecular weight excluding hydrogens is 182 g/mol. The van der Waals surface area contributed by atoms with Crippen LogP contribution < -0.4 is 5.32 Å². The topological polar surface area (TPSA) is 21.3 Å². The predicted molar refractivity (Wildman–Crippen MR) is 59.4 cm³/mol. The van der Waals surface area contributed by atoms with E-state index in [9.17, 15) is 0 Å². The van der Waals surface area contributed by atoms with Crippen molar-refractivity contribution in [2.45, 2.75) is 37.5 Å². The summed E-state index contributed by atoms with van der Waals surface area (Å²) in [5, 5.41) is 4.07. The third kappa shape index (κ3) is 4.89. The van der Waals surface area contributed by atoms with Crippen LogP contribution in [0.3, 0.4) is 0 Å². The zero-order chi connectivity index (χ0) is 9.52. The molecule has 1 unspecified atom stereocenters. The standard InChI is InChI=1S/C10H21NOS/c1-9(11-2)5-3-4-6-13-10-7-12-8-10/h9-11H,3-8H2,1-2H3. The van der Waals surface area contributed by atoms with Gasteiger partial charge in [0.15, 0.2) is 0 Å². The van der Waals surface area contributed by atoms with Crippen molar-refractivity contribution in [2.75, 3.05) is 26.0 Å². The summed E-state index contributed by atoms with van der Waals surface area (Å²) in [6.45, 7) is 4.21. The first kappa shape index (κ1) is 11.3. The quantitative estimate of drug-likeness (QED) is 0.639. The van der Waals surface area contributed by atoms with Crippen molar-refractivity contribution in [2.24, 2.45) is 0 Å². The molecule has 1 rings (SSSR count). The largest absolute Gasteiger partial charge is 0.379 e. The van der Waals surface area contributed by atoms with Gasteiger partial charge in [0.25, 0.3) is 0 Å². The van der Waals surface area contributed by atoms with Gasteiger partial charge < -0.3 is 10.1 Å². The molecule has 1 aliphatic rings. The van der Waals surface area contributed by atoms with E-state index in [1.807, 2.05) is 7.05 Å². The van der Waals surface area contributed by atoms with Crippen LogP contribution in [0.25, 0.3) is 0 Å². The molecule has 0 amide bonds. The summed E-state index contributed by atoms with van der Waals surface area (Å²) in [4.78, 5) is 0. The normalized spacial score (nSPS) is 19.8. The van der Waals surface area contributed by atoms with E-state index in [-0.39, 0.29) is 0 Å². The van der Waals surface area contributed by atoms with E-state index < -0.39 is 0 Å². The minimum atomic E-state index is 0.678. The SMILES string of the molecule is CNC(C)CCCCSC1COC1. The summed E-state index contributed by atoms with van der Waals surface area (Å²) in [7, 11) is 2.03. The van der Waals surface area contributed by atoms with Gasteiger partial charge in [-0.2, -0.15) is 11.8 Å². The molecule has 0 saturated carbocycles. The van der Waals surface area contributed by atoms with Crippen molar-refractivity contribution in [3.8, 4) is 0 Å². The summed E-state index contributed by atoms with van der Waals surface area (Å²) in [6.07, 6.45) is 4.01. The Bertz CT molecular complexity index is 121. The minimum Gasteiger partial charge on any atom is -0.379 e. The molecule has 0 aromatic rings. The average molecular weight is 203 g/mol. The summed E-state index contributed by atoms with van der Waals surface area (Å²) in [5.74, 6) is 1.31. The maximum atomic E-state index is 5.12. The first-order valence-corrected chi connectivity index (χ1v) is 6.24. The molecule has 3 heteroatoms. The number of hydrogen-bond acceptors (Lipinski definition) is 3. The average Bonchev–Trinajstić information content (AvgIpc) is 2.07. The fourth-order valence-corrected chi connectivity index (χ4v) is 2.35. The molecule has 0 aromatic carbocycles. The Kier molecular flexibility index (Phi) is 5.83. The second-order valence-electron chi connectivity index (χ2n) is 3.72. The number of hydrogen-bond donors (Lipinski definition) is 1. The van der Waals surface area contributed by atoms with E-state index in [0.717, 1.165) is 18.5 Å². The van der Waals surface area contributed by atoms with Gasteiger partial charge in [-0.1, -0.05) is 6.42 Å². The molecule has 78 valence electrons. The third-order valence-electron chi connectivity index (χ3n) is 2.49. The van der Waals surface area contributed by atoms with Gasteiger partial charge in [-0.3, -0.25) is 0 Å². The monoisotopic (exact) mass is 203 g/mol. The van der Waals surface area contributed by atoms with Gasteiger partial charge in [-0.25, -0.2) is 0 Å². The van der Waals surface area contributed by atoms with Crippen molar-refractivity contribution < 1.29 is 4.74 Å². The zero-order valence-electron chi connectivity index (χ0n) is 8.71. The van der Waals surface area contributed by atoms with Crippen molar-refractivity contribution in [3.63, 3.8) is 0 Å². The molecule has 0 bridgehead atoms. The highest BCUT2D eigenvalue weighted by molar-refractivity contribution is 8.00. The van der Waals surface area contributed by atoms with E-state index in [1.54, 1.807) is 0 Å². The van der Waals surface area contributed by atoms with Crippen LogP contribution in [-0.4, -0.2) is 37.3 Å². The van der Waals surface area contributed by atoms with Crippen LogP contribution in [-0.2, 0) is 4.74 Å². The minimum absolute atomic E-state index is 0.678. The smallest absolute Gasteiger partial charge is 0.0607 e. The van der Waals surface area contributed by atoms with Gasteiger partial charge in [-0.05, 0) is 32.6 Å². The highest BCUT2D eigenvalue weighted by atomic mass is 32.2. The second kappa shape index (κ2) is 6.68.